The molecule has 1 aromatic carbocycles. The molecule has 20 heavy (non-hydrogen) atoms. The molecular formula is C13H14F5NO. The Labute approximate surface area is 113 Å². The van der Waals surface area contributed by atoms with Gasteiger partial charge in [-0.25, -0.2) is 8.78 Å². The van der Waals surface area contributed by atoms with Gasteiger partial charge < -0.3 is 0 Å². The zero-order chi connectivity index (χ0) is 15.3. The van der Waals surface area contributed by atoms with Gasteiger partial charge in [-0.1, -0.05) is 6.92 Å². The summed E-state index contributed by atoms with van der Waals surface area (Å²) in [5, 5.41) is 0. The Morgan fingerprint density at radius 1 is 1.25 bits per heavy atom. The summed E-state index contributed by atoms with van der Waals surface area (Å²) >= 11 is 0. The first kappa shape index (κ1) is 16.6. The summed E-state index contributed by atoms with van der Waals surface area (Å²) < 4.78 is 63.3. The lowest BCUT2D eigenvalue weighted by Gasteiger charge is -2.22. The van der Waals surface area contributed by atoms with Gasteiger partial charge in [0.15, 0.2) is 5.78 Å². The van der Waals surface area contributed by atoms with E-state index in [9.17, 15) is 26.7 Å². The summed E-state index contributed by atoms with van der Waals surface area (Å²) in [6, 6.07) is 2.30. The molecule has 0 aromatic heterocycles. The lowest BCUT2D eigenvalue weighted by molar-refractivity contribution is -0.144. The van der Waals surface area contributed by atoms with Gasteiger partial charge in [0.25, 0.3) is 0 Å². The Bertz CT molecular complexity index is 472. The molecule has 0 aliphatic carbocycles. The summed E-state index contributed by atoms with van der Waals surface area (Å²) in [7, 11) is 0. The first-order valence-electron chi connectivity index (χ1n) is 6.00. The average Bonchev–Trinajstić information content (AvgIpc) is 2.30. The summed E-state index contributed by atoms with van der Waals surface area (Å²) in [4.78, 5) is 12.6. The molecule has 0 aliphatic heterocycles. The van der Waals surface area contributed by atoms with Crippen LogP contribution in [0.15, 0.2) is 18.2 Å². The monoisotopic (exact) mass is 295 g/mol. The molecule has 7 heteroatoms. The van der Waals surface area contributed by atoms with Crippen molar-refractivity contribution < 1.29 is 26.7 Å². The Hall–Kier alpha value is -1.50. The molecule has 0 N–H and O–H groups in total. The van der Waals surface area contributed by atoms with E-state index in [0.717, 1.165) is 17.0 Å². The molecule has 0 unspecified atom stereocenters. The van der Waals surface area contributed by atoms with Crippen LogP contribution < -0.4 is 0 Å². The van der Waals surface area contributed by atoms with Crippen molar-refractivity contribution in [2.75, 3.05) is 19.6 Å². The molecule has 0 fully saturated rings. The summed E-state index contributed by atoms with van der Waals surface area (Å²) in [6.07, 6.45) is -4.04. The van der Waals surface area contributed by atoms with Gasteiger partial charge in [-0.15, -0.1) is 0 Å². The molecule has 0 radical (unpaired) electrons. The normalized spacial score (nSPS) is 11.9. The minimum Gasteiger partial charge on any atom is -0.293 e. The van der Waals surface area contributed by atoms with Gasteiger partial charge in [0.2, 0.25) is 0 Å². The van der Waals surface area contributed by atoms with Crippen LogP contribution in [0.4, 0.5) is 22.0 Å². The molecule has 0 saturated heterocycles. The lowest BCUT2D eigenvalue weighted by atomic mass is 10.1. The number of ketones is 1. The molecule has 2 nitrogen and oxygen atoms in total. The zero-order valence-electron chi connectivity index (χ0n) is 10.8. The van der Waals surface area contributed by atoms with Crippen LogP contribution in [0.3, 0.4) is 0 Å². The number of rotatable bonds is 6. The van der Waals surface area contributed by atoms with Crippen molar-refractivity contribution in [2.24, 2.45) is 0 Å². The Morgan fingerprint density at radius 3 is 2.45 bits per heavy atom. The van der Waals surface area contributed by atoms with Gasteiger partial charge in [-0.2, -0.15) is 13.2 Å². The van der Waals surface area contributed by atoms with Crippen molar-refractivity contribution in [1.29, 1.82) is 0 Å². The van der Waals surface area contributed by atoms with E-state index < -0.39 is 42.2 Å². The Balaban J connectivity index is 2.82. The van der Waals surface area contributed by atoms with Crippen molar-refractivity contribution in [3.05, 3.63) is 35.4 Å². The SMILES string of the molecule is CCCN(CC(=O)c1cc(F)ccc1F)CC(F)(F)F. The van der Waals surface area contributed by atoms with E-state index in [0.29, 0.717) is 12.5 Å². The minimum absolute atomic E-state index is 0.0438. The largest absolute Gasteiger partial charge is 0.401 e. The number of alkyl halides is 3. The molecule has 0 bridgehead atoms. The van der Waals surface area contributed by atoms with Gasteiger partial charge in [0, 0.05) is 0 Å². The quantitative estimate of drug-likeness (QED) is 0.592. The molecule has 0 saturated carbocycles. The third-order valence-electron chi connectivity index (χ3n) is 2.54. The summed E-state index contributed by atoms with van der Waals surface area (Å²) in [6.45, 7) is -0.157. The maximum Gasteiger partial charge on any atom is 0.401 e. The molecule has 0 heterocycles. The topological polar surface area (TPSA) is 20.3 Å². The van der Waals surface area contributed by atoms with Crippen LogP contribution in [0.1, 0.15) is 23.7 Å². The van der Waals surface area contributed by atoms with Gasteiger partial charge in [0.1, 0.15) is 11.6 Å². The van der Waals surface area contributed by atoms with Crippen LogP contribution >= 0.6 is 0 Å². The number of hydrogen-bond acceptors (Lipinski definition) is 2. The Morgan fingerprint density at radius 2 is 1.90 bits per heavy atom. The molecule has 1 rings (SSSR count). The van der Waals surface area contributed by atoms with E-state index in [4.69, 9.17) is 0 Å². The van der Waals surface area contributed by atoms with Crippen molar-refractivity contribution in [1.82, 2.24) is 4.90 Å². The highest BCUT2D eigenvalue weighted by Gasteiger charge is 2.31. The zero-order valence-corrected chi connectivity index (χ0v) is 10.8. The Kier molecular flexibility index (Phi) is 5.62. The van der Waals surface area contributed by atoms with E-state index in [1.54, 1.807) is 6.92 Å². The summed E-state index contributed by atoms with van der Waals surface area (Å²) in [5.41, 5.74) is -0.534. The van der Waals surface area contributed by atoms with Crippen molar-refractivity contribution in [3.63, 3.8) is 0 Å². The molecular weight excluding hydrogens is 281 g/mol. The van der Waals surface area contributed by atoms with Crippen LogP contribution in [-0.4, -0.2) is 36.5 Å². The van der Waals surface area contributed by atoms with Crippen LogP contribution in [-0.2, 0) is 0 Å². The van der Waals surface area contributed by atoms with Crippen LogP contribution in [0.5, 0.6) is 0 Å². The fraction of sp³-hybridized carbons (Fsp3) is 0.462. The van der Waals surface area contributed by atoms with E-state index in [2.05, 4.69) is 0 Å². The van der Waals surface area contributed by atoms with Gasteiger partial charge in [-0.3, -0.25) is 9.69 Å². The van der Waals surface area contributed by atoms with Crippen LogP contribution in [0.2, 0.25) is 0 Å². The van der Waals surface area contributed by atoms with E-state index in [1.807, 2.05) is 0 Å². The highest BCUT2D eigenvalue weighted by Crippen LogP contribution is 2.18. The third-order valence-corrected chi connectivity index (χ3v) is 2.54. The second kappa shape index (κ2) is 6.78. The number of nitrogens with zero attached hydrogens (tertiary/aromatic N) is 1. The number of carbonyl (C=O) groups is 1. The van der Waals surface area contributed by atoms with Crippen molar-refractivity contribution in [2.45, 2.75) is 19.5 Å². The molecule has 0 spiro atoms. The fourth-order valence-corrected chi connectivity index (χ4v) is 1.78. The second-order valence-corrected chi connectivity index (χ2v) is 4.37. The smallest absolute Gasteiger partial charge is 0.293 e. The standard InChI is InChI=1S/C13H14F5NO/c1-2-5-19(8-13(16,17)18)7-12(20)10-6-9(14)3-4-11(10)15/h3-4,6H,2,5,7-8H2,1H3. The van der Waals surface area contributed by atoms with Crippen molar-refractivity contribution in [3.8, 4) is 0 Å². The maximum atomic E-state index is 13.4. The van der Waals surface area contributed by atoms with Crippen LogP contribution in [0, 0.1) is 11.6 Å². The molecule has 0 aliphatic rings. The molecule has 0 atom stereocenters. The fourth-order valence-electron chi connectivity index (χ4n) is 1.78. The van der Waals surface area contributed by atoms with Gasteiger partial charge in [0.05, 0.1) is 18.7 Å². The first-order chi connectivity index (χ1) is 9.23. The molecule has 1 aromatic rings. The predicted molar refractivity (Wildman–Crippen MR) is 63.5 cm³/mol. The number of carbonyl (C=O) groups excluding carboxylic acids is 1. The highest BCUT2D eigenvalue weighted by molar-refractivity contribution is 5.97. The molecule has 112 valence electrons. The third kappa shape index (κ3) is 5.24. The number of benzene rings is 1. The highest BCUT2D eigenvalue weighted by atomic mass is 19.4. The maximum absolute atomic E-state index is 13.4. The predicted octanol–water partition coefficient (Wildman–Crippen LogP) is 3.42. The van der Waals surface area contributed by atoms with Crippen molar-refractivity contribution >= 4 is 5.78 Å². The minimum atomic E-state index is -4.45. The van der Waals surface area contributed by atoms with Crippen LogP contribution in [0.25, 0.3) is 0 Å². The molecule has 0 amide bonds. The van der Waals surface area contributed by atoms with Gasteiger partial charge in [-0.05, 0) is 31.2 Å². The van der Waals surface area contributed by atoms with Gasteiger partial charge >= 0.3 is 6.18 Å². The summed E-state index contributed by atoms with van der Waals surface area (Å²) in [5.74, 6) is -2.63. The van der Waals surface area contributed by atoms with E-state index >= 15 is 0 Å². The second-order valence-electron chi connectivity index (χ2n) is 4.37. The van der Waals surface area contributed by atoms with E-state index in [-0.39, 0.29) is 6.54 Å². The first-order valence-corrected chi connectivity index (χ1v) is 6.00. The number of hydrogen-bond donors (Lipinski definition) is 0. The number of halogens is 5. The lowest BCUT2D eigenvalue weighted by Crippen LogP contribution is -2.38. The average molecular weight is 295 g/mol. The number of Topliss-reactive ketones (excluding diaryl/α,β-unsaturated/α-hetero) is 1. The van der Waals surface area contributed by atoms with E-state index in [1.165, 1.54) is 0 Å².